The number of carbonyl (C=O) groups is 1. The van der Waals surface area contributed by atoms with Crippen molar-refractivity contribution in [2.24, 2.45) is 5.41 Å². The molecule has 2 heteroatoms. The molecule has 0 amide bonds. The lowest BCUT2D eigenvalue weighted by Crippen LogP contribution is -2.28. The van der Waals surface area contributed by atoms with E-state index in [2.05, 4.69) is 0 Å². The van der Waals surface area contributed by atoms with Gasteiger partial charge in [-0.3, -0.25) is 4.79 Å². The molecule has 14 heavy (non-hydrogen) atoms. The Morgan fingerprint density at radius 2 is 1.86 bits per heavy atom. The lowest BCUT2D eigenvalue weighted by atomic mass is 9.90. The molecule has 0 saturated heterocycles. The van der Waals surface area contributed by atoms with Crippen LogP contribution in [0.2, 0.25) is 0 Å². The highest BCUT2D eigenvalue weighted by Gasteiger charge is 2.24. The van der Waals surface area contributed by atoms with Gasteiger partial charge in [-0.15, -0.1) is 0 Å². The van der Waals surface area contributed by atoms with Crippen LogP contribution >= 0.6 is 0 Å². The summed E-state index contributed by atoms with van der Waals surface area (Å²) in [6.45, 7) is 5.79. The maximum absolute atomic E-state index is 11.2. The molecule has 0 unspecified atom stereocenters. The van der Waals surface area contributed by atoms with Crippen molar-refractivity contribution in [1.29, 1.82) is 0 Å². The maximum Gasteiger partial charge on any atom is 0.138 e. The number of para-hydroxylation sites is 1. The summed E-state index contributed by atoms with van der Waals surface area (Å²) in [4.78, 5) is 11.2. The Morgan fingerprint density at radius 1 is 1.29 bits per heavy atom. The van der Waals surface area contributed by atoms with Crippen molar-refractivity contribution in [1.82, 2.24) is 0 Å². The van der Waals surface area contributed by atoms with Gasteiger partial charge in [0.1, 0.15) is 18.1 Å². The number of Topliss-reactive ketones (excluding diaryl/α,β-unsaturated/α-hetero) is 1. The third-order valence-electron chi connectivity index (χ3n) is 2.30. The van der Waals surface area contributed by atoms with Crippen LogP contribution in [-0.4, -0.2) is 12.4 Å². The molecule has 0 bridgehead atoms. The molecule has 76 valence electrons. The van der Waals surface area contributed by atoms with Gasteiger partial charge in [0.15, 0.2) is 0 Å². The molecule has 0 fully saturated rings. The molecule has 0 aromatic heterocycles. The SMILES string of the molecule is CC(=O)C(C)(C)COc1ccccc1. The number of hydrogen-bond donors (Lipinski definition) is 0. The summed E-state index contributed by atoms with van der Waals surface area (Å²) >= 11 is 0. The van der Waals surface area contributed by atoms with E-state index in [0.29, 0.717) is 6.61 Å². The molecule has 0 heterocycles. The van der Waals surface area contributed by atoms with Crippen molar-refractivity contribution < 1.29 is 9.53 Å². The summed E-state index contributed by atoms with van der Waals surface area (Å²) in [5.41, 5.74) is -0.407. The van der Waals surface area contributed by atoms with E-state index in [1.807, 2.05) is 44.2 Å². The Balaban J connectivity index is 2.53. The van der Waals surface area contributed by atoms with Gasteiger partial charge in [0.2, 0.25) is 0 Å². The number of ketones is 1. The molecule has 0 saturated carbocycles. The lowest BCUT2D eigenvalue weighted by Gasteiger charge is -2.21. The summed E-state index contributed by atoms with van der Waals surface area (Å²) in [5, 5.41) is 0. The predicted octanol–water partition coefficient (Wildman–Crippen LogP) is 2.68. The Labute approximate surface area is 84.9 Å². The van der Waals surface area contributed by atoms with Crippen LogP contribution in [0.4, 0.5) is 0 Å². The van der Waals surface area contributed by atoms with E-state index in [0.717, 1.165) is 5.75 Å². The second kappa shape index (κ2) is 4.27. The molecule has 0 atom stereocenters. The lowest BCUT2D eigenvalue weighted by molar-refractivity contribution is -0.126. The highest BCUT2D eigenvalue weighted by molar-refractivity contribution is 5.81. The van der Waals surface area contributed by atoms with Crippen LogP contribution in [0.5, 0.6) is 5.75 Å². The third-order valence-corrected chi connectivity index (χ3v) is 2.30. The smallest absolute Gasteiger partial charge is 0.138 e. The minimum Gasteiger partial charge on any atom is -0.493 e. The minimum absolute atomic E-state index is 0.147. The summed E-state index contributed by atoms with van der Waals surface area (Å²) in [5.74, 6) is 0.954. The van der Waals surface area contributed by atoms with Crippen LogP contribution < -0.4 is 4.74 Å². The Morgan fingerprint density at radius 3 is 2.36 bits per heavy atom. The van der Waals surface area contributed by atoms with E-state index < -0.39 is 5.41 Å². The zero-order valence-electron chi connectivity index (χ0n) is 8.91. The quantitative estimate of drug-likeness (QED) is 0.733. The van der Waals surface area contributed by atoms with Crippen LogP contribution in [0.3, 0.4) is 0 Å². The number of carbonyl (C=O) groups excluding carboxylic acids is 1. The van der Waals surface area contributed by atoms with Crippen molar-refractivity contribution in [3.05, 3.63) is 30.3 Å². The monoisotopic (exact) mass is 192 g/mol. The molecular weight excluding hydrogens is 176 g/mol. The van der Waals surface area contributed by atoms with Crippen LogP contribution in [-0.2, 0) is 4.79 Å². The van der Waals surface area contributed by atoms with E-state index in [1.54, 1.807) is 6.92 Å². The maximum atomic E-state index is 11.2. The zero-order valence-corrected chi connectivity index (χ0v) is 8.91. The molecule has 1 aromatic rings. The van der Waals surface area contributed by atoms with E-state index in [-0.39, 0.29) is 5.78 Å². The van der Waals surface area contributed by atoms with Crippen LogP contribution in [0.25, 0.3) is 0 Å². The van der Waals surface area contributed by atoms with Gasteiger partial charge in [-0.05, 0) is 32.9 Å². The van der Waals surface area contributed by atoms with Crippen molar-refractivity contribution in [2.45, 2.75) is 20.8 Å². The largest absolute Gasteiger partial charge is 0.493 e. The number of rotatable bonds is 4. The molecule has 0 spiro atoms. The Kier molecular flexibility index (Phi) is 3.28. The molecule has 0 N–H and O–H groups in total. The fourth-order valence-corrected chi connectivity index (χ4v) is 0.882. The second-order valence-corrected chi connectivity index (χ2v) is 4.04. The van der Waals surface area contributed by atoms with Gasteiger partial charge in [0, 0.05) is 0 Å². The van der Waals surface area contributed by atoms with Gasteiger partial charge in [-0.25, -0.2) is 0 Å². The number of benzene rings is 1. The highest BCUT2D eigenvalue weighted by atomic mass is 16.5. The fraction of sp³-hybridized carbons (Fsp3) is 0.417. The van der Waals surface area contributed by atoms with E-state index >= 15 is 0 Å². The number of hydrogen-bond acceptors (Lipinski definition) is 2. The molecule has 1 aromatic carbocycles. The summed E-state index contributed by atoms with van der Waals surface area (Å²) in [6.07, 6.45) is 0. The van der Waals surface area contributed by atoms with E-state index in [1.165, 1.54) is 0 Å². The highest BCUT2D eigenvalue weighted by Crippen LogP contribution is 2.19. The van der Waals surface area contributed by atoms with Gasteiger partial charge in [0.05, 0.1) is 5.41 Å². The zero-order chi connectivity index (χ0) is 10.6. The molecule has 1 rings (SSSR count). The van der Waals surface area contributed by atoms with Gasteiger partial charge in [-0.1, -0.05) is 18.2 Å². The molecule has 0 aliphatic carbocycles. The fourth-order valence-electron chi connectivity index (χ4n) is 0.882. The Bertz CT molecular complexity index is 301. The number of ether oxygens (including phenoxy) is 1. The molecular formula is C12H16O2. The average Bonchev–Trinajstić information content (AvgIpc) is 2.16. The predicted molar refractivity (Wildman–Crippen MR) is 56.4 cm³/mol. The van der Waals surface area contributed by atoms with Gasteiger partial charge >= 0.3 is 0 Å². The minimum atomic E-state index is -0.407. The van der Waals surface area contributed by atoms with Crippen molar-refractivity contribution in [3.63, 3.8) is 0 Å². The summed E-state index contributed by atoms with van der Waals surface area (Å²) in [7, 11) is 0. The normalized spacial score (nSPS) is 11.1. The van der Waals surface area contributed by atoms with E-state index in [4.69, 9.17) is 4.74 Å². The topological polar surface area (TPSA) is 26.3 Å². The van der Waals surface area contributed by atoms with Crippen molar-refractivity contribution >= 4 is 5.78 Å². The summed E-state index contributed by atoms with van der Waals surface area (Å²) in [6, 6.07) is 9.53. The third kappa shape index (κ3) is 2.87. The van der Waals surface area contributed by atoms with Gasteiger partial charge in [-0.2, -0.15) is 0 Å². The van der Waals surface area contributed by atoms with Crippen molar-refractivity contribution in [2.75, 3.05) is 6.61 Å². The summed E-state index contributed by atoms with van der Waals surface area (Å²) < 4.78 is 5.51. The molecule has 0 aliphatic heterocycles. The first-order chi connectivity index (χ1) is 6.52. The molecule has 2 nitrogen and oxygen atoms in total. The van der Waals surface area contributed by atoms with E-state index in [9.17, 15) is 4.79 Å². The first-order valence-electron chi connectivity index (χ1n) is 4.71. The Hall–Kier alpha value is -1.31. The standard InChI is InChI=1S/C12H16O2/c1-10(13)12(2,3)9-14-11-7-5-4-6-8-11/h4-8H,9H2,1-3H3. The molecule has 0 radical (unpaired) electrons. The van der Waals surface area contributed by atoms with Crippen LogP contribution in [0.15, 0.2) is 30.3 Å². The average molecular weight is 192 g/mol. The molecule has 0 aliphatic rings. The van der Waals surface area contributed by atoms with Gasteiger partial charge < -0.3 is 4.74 Å². The first-order valence-corrected chi connectivity index (χ1v) is 4.71. The second-order valence-electron chi connectivity index (χ2n) is 4.04. The first kappa shape index (κ1) is 10.8. The van der Waals surface area contributed by atoms with Gasteiger partial charge in [0.25, 0.3) is 0 Å². The van der Waals surface area contributed by atoms with Crippen LogP contribution in [0.1, 0.15) is 20.8 Å². The van der Waals surface area contributed by atoms with Crippen LogP contribution in [0, 0.1) is 5.41 Å². The van der Waals surface area contributed by atoms with Crippen molar-refractivity contribution in [3.8, 4) is 5.75 Å².